The van der Waals surface area contributed by atoms with E-state index in [-0.39, 0.29) is 5.69 Å². The highest BCUT2D eigenvalue weighted by Crippen LogP contribution is 2.25. The molecule has 0 fully saturated rings. The maximum absolute atomic E-state index is 13.9. The van der Waals surface area contributed by atoms with E-state index in [1.54, 1.807) is 7.05 Å². The van der Waals surface area contributed by atoms with Crippen molar-refractivity contribution in [2.24, 2.45) is 0 Å². The molecule has 0 aliphatic carbocycles. The van der Waals surface area contributed by atoms with E-state index in [1.165, 1.54) is 22.3 Å². The Morgan fingerprint density at radius 2 is 2.10 bits per heavy atom. The van der Waals surface area contributed by atoms with Crippen LogP contribution < -0.4 is 4.90 Å². The van der Waals surface area contributed by atoms with Gasteiger partial charge in [0.15, 0.2) is 11.6 Å². The largest absolute Gasteiger partial charge is 0.478 e. The maximum Gasteiger partial charge on any atom is 0.338 e. The van der Waals surface area contributed by atoms with Crippen molar-refractivity contribution in [3.63, 3.8) is 0 Å². The molecular formula is C13H12F2N2O2S. The summed E-state index contributed by atoms with van der Waals surface area (Å²) in [6.45, 7) is 2.17. The van der Waals surface area contributed by atoms with Crippen molar-refractivity contribution >= 4 is 23.0 Å². The molecule has 1 N–H and O–H groups in total. The second kappa shape index (κ2) is 5.54. The number of carboxylic acid groups (broad SMARTS) is 1. The summed E-state index contributed by atoms with van der Waals surface area (Å²) >= 11 is 1.47. The molecule has 2 rings (SSSR count). The van der Waals surface area contributed by atoms with E-state index in [0.29, 0.717) is 6.54 Å². The number of hydrogen-bond donors (Lipinski definition) is 1. The van der Waals surface area contributed by atoms with Crippen LogP contribution in [0.1, 0.15) is 21.1 Å². The van der Waals surface area contributed by atoms with Crippen molar-refractivity contribution < 1.29 is 18.7 Å². The molecule has 2 aromatic rings. The van der Waals surface area contributed by atoms with Gasteiger partial charge in [0, 0.05) is 12.4 Å². The zero-order valence-corrected chi connectivity index (χ0v) is 11.7. The lowest BCUT2D eigenvalue weighted by molar-refractivity contribution is 0.0690. The molecule has 0 aliphatic heterocycles. The van der Waals surface area contributed by atoms with Crippen LogP contribution in [0.3, 0.4) is 0 Å². The van der Waals surface area contributed by atoms with Gasteiger partial charge in [-0.3, -0.25) is 0 Å². The highest BCUT2D eigenvalue weighted by atomic mass is 32.1. The Hall–Kier alpha value is -2.02. The van der Waals surface area contributed by atoms with Crippen LogP contribution in [0.5, 0.6) is 0 Å². The normalized spacial score (nSPS) is 10.6. The van der Waals surface area contributed by atoms with E-state index >= 15 is 0 Å². The number of thiazole rings is 1. The molecule has 1 aromatic heterocycles. The molecule has 1 heterocycles. The van der Waals surface area contributed by atoms with Crippen molar-refractivity contribution in [1.82, 2.24) is 4.98 Å². The number of carbonyl (C=O) groups is 1. The second-order valence-electron chi connectivity index (χ2n) is 4.28. The number of halogens is 2. The van der Waals surface area contributed by atoms with E-state index in [2.05, 4.69) is 4.98 Å². The number of aromatic nitrogens is 1. The lowest BCUT2D eigenvalue weighted by Gasteiger charge is -2.19. The first kappa shape index (κ1) is 14.4. The second-order valence-corrected chi connectivity index (χ2v) is 5.34. The highest BCUT2D eigenvalue weighted by molar-refractivity contribution is 7.09. The molecule has 106 valence electrons. The predicted octanol–water partition coefficient (Wildman–Crippen LogP) is 3.06. The number of benzene rings is 1. The minimum atomic E-state index is -1.49. The fraction of sp³-hybridized carbons (Fsp3) is 0.231. The molecule has 0 amide bonds. The van der Waals surface area contributed by atoms with Crippen LogP contribution in [0.15, 0.2) is 17.5 Å². The molecule has 1 aromatic carbocycles. The van der Waals surface area contributed by atoms with Crippen molar-refractivity contribution in [3.05, 3.63) is 45.4 Å². The quantitative estimate of drug-likeness (QED) is 0.942. The Morgan fingerprint density at radius 3 is 2.65 bits per heavy atom. The van der Waals surface area contributed by atoms with Crippen LogP contribution in [0.4, 0.5) is 14.5 Å². The van der Waals surface area contributed by atoms with Crippen LogP contribution in [-0.2, 0) is 6.54 Å². The van der Waals surface area contributed by atoms with E-state index in [4.69, 9.17) is 5.11 Å². The van der Waals surface area contributed by atoms with Gasteiger partial charge < -0.3 is 10.0 Å². The van der Waals surface area contributed by atoms with Gasteiger partial charge >= 0.3 is 5.97 Å². The van der Waals surface area contributed by atoms with Crippen molar-refractivity contribution in [3.8, 4) is 0 Å². The molecular weight excluding hydrogens is 286 g/mol. The Labute approximate surface area is 118 Å². The fourth-order valence-corrected chi connectivity index (χ4v) is 2.41. The number of hydrogen-bond acceptors (Lipinski definition) is 4. The SMILES string of the molecule is Cc1nc(CN(C)c2ccc(C(=O)O)c(F)c2F)cs1. The fourth-order valence-electron chi connectivity index (χ4n) is 1.81. The molecule has 0 bridgehead atoms. The van der Waals surface area contributed by atoms with Crippen LogP contribution in [0, 0.1) is 18.6 Å². The first-order valence-electron chi connectivity index (χ1n) is 5.73. The molecule has 20 heavy (non-hydrogen) atoms. The maximum atomic E-state index is 13.9. The summed E-state index contributed by atoms with van der Waals surface area (Å²) in [6, 6.07) is 2.31. The van der Waals surface area contributed by atoms with Crippen LogP contribution in [0.25, 0.3) is 0 Å². The number of anilines is 1. The van der Waals surface area contributed by atoms with Gasteiger partial charge in [-0.25, -0.2) is 18.6 Å². The van der Waals surface area contributed by atoms with Gasteiger partial charge in [0.05, 0.1) is 28.5 Å². The number of nitrogens with zero attached hydrogens (tertiary/aromatic N) is 2. The van der Waals surface area contributed by atoms with Gasteiger partial charge in [0.2, 0.25) is 0 Å². The van der Waals surface area contributed by atoms with E-state index in [1.807, 2.05) is 12.3 Å². The molecule has 7 heteroatoms. The van der Waals surface area contributed by atoms with Crippen molar-refractivity contribution in [1.29, 1.82) is 0 Å². The van der Waals surface area contributed by atoms with Gasteiger partial charge in [0.1, 0.15) is 0 Å². The zero-order valence-electron chi connectivity index (χ0n) is 10.9. The van der Waals surface area contributed by atoms with Crippen molar-refractivity contribution in [2.45, 2.75) is 13.5 Å². The molecule has 4 nitrogen and oxygen atoms in total. The number of rotatable bonds is 4. The smallest absolute Gasteiger partial charge is 0.338 e. The number of carboxylic acids is 1. The average Bonchev–Trinajstić information content (AvgIpc) is 2.77. The lowest BCUT2D eigenvalue weighted by atomic mass is 10.1. The van der Waals surface area contributed by atoms with Gasteiger partial charge in [-0.2, -0.15) is 0 Å². The van der Waals surface area contributed by atoms with E-state index in [0.717, 1.165) is 16.8 Å². The zero-order chi connectivity index (χ0) is 14.9. The topological polar surface area (TPSA) is 53.4 Å². The summed E-state index contributed by atoms with van der Waals surface area (Å²) < 4.78 is 27.5. The first-order valence-corrected chi connectivity index (χ1v) is 6.61. The summed E-state index contributed by atoms with van der Waals surface area (Å²) in [6.07, 6.45) is 0. The summed E-state index contributed by atoms with van der Waals surface area (Å²) in [5.41, 5.74) is 0.0689. The van der Waals surface area contributed by atoms with Crippen molar-refractivity contribution in [2.75, 3.05) is 11.9 Å². The average molecular weight is 298 g/mol. The number of aromatic carboxylic acids is 1. The first-order chi connectivity index (χ1) is 9.40. The van der Waals surface area contributed by atoms with Gasteiger partial charge in [-0.05, 0) is 19.1 Å². The molecule has 0 saturated carbocycles. The highest BCUT2D eigenvalue weighted by Gasteiger charge is 2.20. The minimum Gasteiger partial charge on any atom is -0.478 e. The third-order valence-corrected chi connectivity index (χ3v) is 3.59. The summed E-state index contributed by atoms with van der Waals surface area (Å²) in [5, 5.41) is 11.5. The molecule has 0 aliphatic rings. The summed E-state index contributed by atoms with van der Waals surface area (Å²) in [5.74, 6) is -4.01. The van der Waals surface area contributed by atoms with Gasteiger partial charge in [-0.15, -0.1) is 11.3 Å². The Balaban J connectivity index is 2.28. The van der Waals surface area contributed by atoms with E-state index < -0.39 is 23.2 Å². The third kappa shape index (κ3) is 2.77. The predicted molar refractivity (Wildman–Crippen MR) is 72.3 cm³/mol. The molecule has 0 saturated heterocycles. The monoisotopic (exact) mass is 298 g/mol. The minimum absolute atomic E-state index is 0.00171. The van der Waals surface area contributed by atoms with Crippen LogP contribution in [0.2, 0.25) is 0 Å². The Kier molecular flexibility index (Phi) is 3.99. The molecule has 0 radical (unpaired) electrons. The van der Waals surface area contributed by atoms with E-state index in [9.17, 15) is 13.6 Å². The number of aryl methyl sites for hydroxylation is 1. The van der Waals surface area contributed by atoms with Crippen LogP contribution in [-0.4, -0.2) is 23.1 Å². The van der Waals surface area contributed by atoms with Crippen LogP contribution >= 0.6 is 11.3 Å². The third-order valence-electron chi connectivity index (χ3n) is 2.77. The molecule has 0 spiro atoms. The Morgan fingerprint density at radius 1 is 1.40 bits per heavy atom. The summed E-state index contributed by atoms with van der Waals surface area (Å²) in [4.78, 5) is 16.4. The lowest BCUT2D eigenvalue weighted by Crippen LogP contribution is -2.19. The summed E-state index contributed by atoms with van der Waals surface area (Å²) in [7, 11) is 1.59. The Bertz CT molecular complexity index is 658. The standard InChI is InChI=1S/C13H12F2N2O2S/c1-7-16-8(6-20-7)5-17(2)10-4-3-9(13(18)19)11(14)12(10)15/h3-4,6H,5H2,1-2H3,(H,18,19). The van der Waals surface area contributed by atoms with Gasteiger partial charge in [0.25, 0.3) is 0 Å². The molecule has 0 unspecified atom stereocenters. The van der Waals surface area contributed by atoms with Gasteiger partial charge in [-0.1, -0.05) is 0 Å². The molecule has 0 atom stereocenters.